The van der Waals surface area contributed by atoms with E-state index in [1.807, 2.05) is 41.3 Å². The third-order valence-electron chi connectivity index (χ3n) is 8.70. The molecule has 2 fully saturated rings. The average Bonchev–Trinajstić information content (AvgIpc) is 3.47. The zero-order valence-electron chi connectivity index (χ0n) is 21.6. The number of halogens is 1. The Morgan fingerprint density at radius 1 is 1.00 bits per heavy atom. The molecule has 1 saturated heterocycles. The van der Waals surface area contributed by atoms with Gasteiger partial charge in [0.05, 0.1) is 5.60 Å². The van der Waals surface area contributed by atoms with Crippen LogP contribution in [0.5, 0.6) is 0 Å². The standard InChI is InChI=1S/C31H31BrN2O5/c32-28-26(11-5-15-33-28)31(39-18-27(35)36)14-13-30(19-31)12-6-16-34(20-30)29(37)38-17-25-23-9-3-1-7-21(23)22-8-2-4-10-24(22)25/h1-5,7-11,15,25H,6,12-14,16-20H2,(H,35,36). The number of aromatic nitrogens is 1. The highest BCUT2D eigenvalue weighted by molar-refractivity contribution is 9.10. The number of carboxylic acids is 1. The second-order valence-corrected chi connectivity index (χ2v) is 11.8. The molecule has 1 saturated carbocycles. The van der Waals surface area contributed by atoms with Gasteiger partial charge in [0.2, 0.25) is 0 Å². The number of ether oxygens (including phenoxy) is 2. The summed E-state index contributed by atoms with van der Waals surface area (Å²) in [6, 6.07) is 20.5. The van der Waals surface area contributed by atoms with Crippen molar-refractivity contribution >= 4 is 28.0 Å². The average molecular weight is 592 g/mol. The van der Waals surface area contributed by atoms with Gasteiger partial charge in [-0.1, -0.05) is 54.6 Å². The fourth-order valence-corrected chi connectivity index (χ4v) is 7.62. The van der Waals surface area contributed by atoms with E-state index in [1.165, 1.54) is 22.3 Å². The molecule has 0 radical (unpaired) electrons. The molecule has 6 rings (SSSR count). The molecule has 1 N–H and O–H groups in total. The summed E-state index contributed by atoms with van der Waals surface area (Å²) >= 11 is 3.55. The van der Waals surface area contributed by atoms with E-state index in [2.05, 4.69) is 45.2 Å². The highest BCUT2D eigenvalue weighted by Crippen LogP contribution is 2.56. The van der Waals surface area contributed by atoms with Crippen molar-refractivity contribution in [2.75, 3.05) is 26.3 Å². The van der Waals surface area contributed by atoms with E-state index in [4.69, 9.17) is 9.47 Å². The smallest absolute Gasteiger partial charge is 0.409 e. The monoisotopic (exact) mass is 590 g/mol. The lowest BCUT2D eigenvalue weighted by Crippen LogP contribution is -2.46. The highest BCUT2D eigenvalue weighted by atomic mass is 79.9. The molecular formula is C31H31BrN2O5. The molecule has 1 aromatic heterocycles. The van der Waals surface area contributed by atoms with Crippen LogP contribution in [0.2, 0.25) is 0 Å². The van der Waals surface area contributed by atoms with Crippen LogP contribution in [0.4, 0.5) is 4.79 Å². The van der Waals surface area contributed by atoms with E-state index < -0.39 is 11.6 Å². The van der Waals surface area contributed by atoms with Crippen molar-refractivity contribution in [3.05, 3.63) is 88.2 Å². The number of rotatable bonds is 6. The minimum absolute atomic E-state index is 0.0200. The Morgan fingerprint density at radius 3 is 2.41 bits per heavy atom. The van der Waals surface area contributed by atoms with Gasteiger partial charge in [0.15, 0.2) is 0 Å². The number of carbonyl (C=O) groups is 2. The number of hydrogen-bond donors (Lipinski definition) is 1. The second kappa shape index (κ2) is 10.4. The van der Waals surface area contributed by atoms with Crippen LogP contribution >= 0.6 is 15.9 Å². The zero-order valence-corrected chi connectivity index (χ0v) is 23.2. The molecule has 1 spiro atoms. The molecule has 3 aliphatic rings. The number of pyridine rings is 1. The van der Waals surface area contributed by atoms with Crippen LogP contribution < -0.4 is 0 Å². The first-order chi connectivity index (χ1) is 18.9. The first-order valence-electron chi connectivity index (χ1n) is 13.5. The van der Waals surface area contributed by atoms with Gasteiger partial charge in [0.1, 0.15) is 17.8 Å². The third kappa shape index (κ3) is 4.85. The number of piperidine rings is 1. The predicted octanol–water partition coefficient (Wildman–Crippen LogP) is 6.36. The molecule has 202 valence electrons. The lowest BCUT2D eigenvalue weighted by Gasteiger charge is -2.41. The fourth-order valence-electron chi connectivity index (χ4n) is 7.00. The molecule has 3 aromatic rings. The summed E-state index contributed by atoms with van der Waals surface area (Å²) in [5.41, 5.74) is 4.72. The number of nitrogens with zero attached hydrogens (tertiary/aromatic N) is 2. The molecule has 1 amide bonds. The number of carboxylic acid groups (broad SMARTS) is 1. The molecular weight excluding hydrogens is 560 g/mol. The number of aliphatic carboxylic acids is 1. The number of amides is 1. The summed E-state index contributed by atoms with van der Waals surface area (Å²) in [6.07, 6.45) is 5.36. The number of benzene rings is 2. The summed E-state index contributed by atoms with van der Waals surface area (Å²) in [7, 11) is 0. The summed E-state index contributed by atoms with van der Waals surface area (Å²) in [5, 5.41) is 9.37. The Kier molecular flexibility index (Phi) is 6.93. The molecule has 39 heavy (non-hydrogen) atoms. The van der Waals surface area contributed by atoms with Crippen molar-refractivity contribution in [2.45, 2.75) is 43.6 Å². The summed E-state index contributed by atoms with van der Waals surface area (Å²) in [5.74, 6) is -0.981. The molecule has 1 aliphatic heterocycles. The molecule has 2 aliphatic carbocycles. The topological polar surface area (TPSA) is 89.0 Å². The molecule has 7 nitrogen and oxygen atoms in total. The van der Waals surface area contributed by atoms with Crippen molar-refractivity contribution in [3.63, 3.8) is 0 Å². The maximum atomic E-state index is 13.4. The van der Waals surface area contributed by atoms with Crippen molar-refractivity contribution in [3.8, 4) is 11.1 Å². The van der Waals surface area contributed by atoms with Crippen molar-refractivity contribution in [1.29, 1.82) is 0 Å². The normalized spacial score (nSPS) is 24.0. The Bertz CT molecular complexity index is 1370. The quantitative estimate of drug-likeness (QED) is 0.336. The first kappa shape index (κ1) is 26.0. The van der Waals surface area contributed by atoms with Gasteiger partial charge in [-0.05, 0) is 81.8 Å². The van der Waals surface area contributed by atoms with Crippen LogP contribution in [-0.4, -0.2) is 53.4 Å². The van der Waals surface area contributed by atoms with Crippen molar-refractivity contribution < 1.29 is 24.2 Å². The summed E-state index contributed by atoms with van der Waals surface area (Å²) in [4.78, 5) is 31.0. The van der Waals surface area contributed by atoms with Gasteiger partial charge in [0.25, 0.3) is 0 Å². The van der Waals surface area contributed by atoms with Crippen LogP contribution in [0.1, 0.15) is 54.7 Å². The predicted molar refractivity (Wildman–Crippen MR) is 149 cm³/mol. The fraction of sp³-hybridized carbons (Fsp3) is 0.387. The molecule has 8 heteroatoms. The zero-order chi connectivity index (χ0) is 27.0. The molecule has 2 unspecified atom stereocenters. The largest absolute Gasteiger partial charge is 0.480 e. The van der Waals surface area contributed by atoms with E-state index in [0.29, 0.717) is 37.1 Å². The molecule has 0 bridgehead atoms. The van der Waals surface area contributed by atoms with Gasteiger partial charge in [0, 0.05) is 30.8 Å². The van der Waals surface area contributed by atoms with Gasteiger partial charge in [-0.2, -0.15) is 0 Å². The maximum absolute atomic E-state index is 13.4. The van der Waals surface area contributed by atoms with E-state index in [0.717, 1.165) is 24.8 Å². The third-order valence-corrected chi connectivity index (χ3v) is 9.33. The van der Waals surface area contributed by atoms with Gasteiger partial charge < -0.3 is 19.5 Å². The van der Waals surface area contributed by atoms with Crippen LogP contribution in [0.15, 0.2) is 71.5 Å². The Balaban J connectivity index is 1.17. The van der Waals surface area contributed by atoms with Crippen LogP contribution in [-0.2, 0) is 19.9 Å². The van der Waals surface area contributed by atoms with Crippen LogP contribution in [0.25, 0.3) is 11.1 Å². The maximum Gasteiger partial charge on any atom is 0.409 e. The molecule has 2 atom stereocenters. The summed E-state index contributed by atoms with van der Waals surface area (Å²) < 4.78 is 12.8. The number of fused-ring (bicyclic) bond motifs is 3. The minimum atomic E-state index is -1.00. The summed E-state index contributed by atoms with van der Waals surface area (Å²) in [6.45, 7) is 1.13. The SMILES string of the molecule is O=C(O)COC1(c2cccnc2Br)CCC2(CCCN(C(=O)OCC3c4ccccc4-c4ccccc43)C2)C1. The van der Waals surface area contributed by atoms with Gasteiger partial charge >= 0.3 is 12.1 Å². The lowest BCUT2D eigenvalue weighted by molar-refractivity contribution is -0.151. The van der Waals surface area contributed by atoms with Gasteiger partial charge in [-0.3, -0.25) is 0 Å². The number of likely N-dealkylation sites (tertiary alicyclic amines) is 1. The van der Waals surface area contributed by atoms with Gasteiger partial charge in [-0.25, -0.2) is 14.6 Å². The molecule has 2 aromatic carbocycles. The Labute approximate surface area is 236 Å². The highest BCUT2D eigenvalue weighted by Gasteiger charge is 2.53. The minimum Gasteiger partial charge on any atom is -0.480 e. The van der Waals surface area contributed by atoms with E-state index >= 15 is 0 Å². The van der Waals surface area contributed by atoms with E-state index in [1.54, 1.807) is 6.20 Å². The van der Waals surface area contributed by atoms with Crippen LogP contribution in [0, 0.1) is 5.41 Å². The van der Waals surface area contributed by atoms with E-state index in [-0.39, 0.29) is 24.0 Å². The Hall–Kier alpha value is -3.23. The lowest BCUT2D eigenvalue weighted by atomic mass is 9.76. The van der Waals surface area contributed by atoms with E-state index in [9.17, 15) is 14.7 Å². The number of hydrogen-bond acceptors (Lipinski definition) is 5. The first-order valence-corrected chi connectivity index (χ1v) is 14.3. The Morgan fingerprint density at radius 2 is 1.72 bits per heavy atom. The van der Waals surface area contributed by atoms with Gasteiger partial charge in [-0.15, -0.1) is 0 Å². The van der Waals surface area contributed by atoms with Crippen molar-refractivity contribution in [1.82, 2.24) is 9.88 Å². The second-order valence-electron chi connectivity index (χ2n) is 11.0. The molecule has 2 heterocycles. The number of carbonyl (C=O) groups excluding carboxylic acids is 1. The van der Waals surface area contributed by atoms with Crippen LogP contribution in [0.3, 0.4) is 0 Å². The van der Waals surface area contributed by atoms with Crippen molar-refractivity contribution in [2.24, 2.45) is 5.41 Å².